The molecule has 0 bridgehead atoms. The van der Waals surface area contributed by atoms with Gasteiger partial charge in [-0.3, -0.25) is 10.1 Å². The maximum absolute atomic E-state index is 11.8. The van der Waals surface area contributed by atoms with Crippen LogP contribution in [-0.4, -0.2) is 49.9 Å². The minimum absolute atomic E-state index is 0.230. The minimum atomic E-state index is -0.861. The van der Waals surface area contributed by atoms with Crippen LogP contribution in [0.15, 0.2) is 0 Å². The molecule has 0 unspecified atom stereocenters. The van der Waals surface area contributed by atoms with Gasteiger partial charge in [0, 0.05) is 24.6 Å². The van der Waals surface area contributed by atoms with Gasteiger partial charge in [-0.1, -0.05) is 9.59 Å². The Labute approximate surface area is 101 Å². The fourth-order valence-corrected chi connectivity index (χ4v) is 2.07. The van der Waals surface area contributed by atoms with Gasteiger partial charge in [-0.15, -0.1) is 0 Å². The van der Waals surface area contributed by atoms with Gasteiger partial charge in [0.1, 0.15) is 0 Å². The topological polar surface area (TPSA) is 108 Å². The summed E-state index contributed by atoms with van der Waals surface area (Å²) in [7, 11) is 0. The van der Waals surface area contributed by atoms with Crippen molar-refractivity contribution in [2.24, 2.45) is 5.92 Å². The molecule has 2 heterocycles. The Morgan fingerprint density at radius 1 is 1.53 bits per heavy atom. The molecule has 2 N–H and O–H groups in total. The molecular formula is C8H11N5O3S. The van der Waals surface area contributed by atoms with Gasteiger partial charge in [0.15, 0.2) is 0 Å². The molecule has 1 aliphatic rings. The average Bonchev–Trinajstić information content (AvgIpc) is 2.82. The fraction of sp³-hybridized carbons (Fsp3) is 0.625. The highest BCUT2D eigenvalue weighted by Crippen LogP contribution is 2.17. The van der Waals surface area contributed by atoms with Crippen LogP contribution in [0, 0.1) is 5.92 Å². The number of carboxylic acids is 1. The molecule has 0 radical (unpaired) electrons. The van der Waals surface area contributed by atoms with Gasteiger partial charge < -0.3 is 10.0 Å². The van der Waals surface area contributed by atoms with Gasteiger partial charge in [0.25, 0.3) is 0 Å². The van der Waals surface area contributed by atoms with Crippen molar-refractivity contribution in [3.8, 4) is 0 Å². The summed E-state index contributed by atoms with van der Waals surface area (Å²) in [6, 6.07) is -0.352. The second-order valence-corrected chi connectivity index (χ2v) is 4.45. The monoisotopic (exact) mass is 257 g/mol. The number of nitrogens with zero attached hydrogens (tertiary/aromatic N) is 4. The second-order valence-electron chi connectivity index (χ2n) is 3.72. The van der Waals surface area contributed by atoms with E-state index in [4.69, 9.17) is 5.11 Å². The van der Waals surface area contributed by atoms with Crippen molar-refractivity contribution in [3.63, 3.8) is 0 Å². The molecule has 0 aliphatic carbocycles. The van der Waals surface area contributed by atoms with Crippen LogP contribution < -0.4 is 5.32 Å². The van der Waals surface area contributed by atoms with E-state index >= 15 is 0 Å². The Bertz CT molecular complexity index is 409. The number of amides is 2. The lowest BCUT2D eigenvalue weighted by atomic mass is 9.99. The van der Waals surface area contributed by atoms with Crippen LogP contribution in [0.3, 0.4) is 0 Å². The van der Waals surface area contributed by atoms with Crippen molar-refractivity contribution < 1.29 is 14.7 Å². The Morgan fingerprint density at radius 2 is 2.35 bits per heavy atom. The summed E-state index contributed by atoms with van der Waals surface area (Å²) in [5.41, 5.74) is 0. The number of aliphatic carboxylic acids is 1. The Kier molecular flexibility index (Phi) is 3.47. The quantitative estimate of drug-likeness (QED) is 0.786. The molecule has 0 aromatic carbocycles. The molecule has 2 amide bonds. The molecule has 9 heteroatoms. The SMILES string of the molecule is O=C(O)[C@@H]1CCCN(C(=O)Nc2nnns2)C1. The Morgan fingerprint density at radius 3 is 3.00 bits per heavy atom. The van der Waals surface area contributed by atoms with Crippen molar-refractivity contribution in [1.29, 1.82) is 0 Å². The van der Waals surface area contributed by atoms with Crippen molar-refractivity contribution in [1.82, 2.24) is 19.7 Å². The second kappa shape index (κ2) is 5.04. The zero-order chi connectivity index (χ0) is 12.3. The third-order valence-electron chi connectivity index (χ3n) is 2.57. The maximum atomic E-state index is 11.8. The Balaban J connectivity index is 1.93. The molecule has 0 saturated carbocycles. The molecule has 1 aromatic rings. The first-order valence-electron chi connectivity index (χ1n) is 5.10. The van der Waals surface area contributed by atoms with E-state index < -0.39 is 11.9 Å². The van der Waals surface area contributed by atoms with E-state index in [-0.39, 0.29) is 12.6 Å². The van der Waals surface area contributed by atoms with Gasteiger partial charge in [-0.05, 0) is 18.1 Å². The number of hydrogen-bond acceptors (Lipinski definition) is 6. The number of rotatable bonds is 2. The number of nitrogens with one attached hydrogen (secondary N) is 1. The number of hydrogen-bond donors (Lipinski definition) is 2. The van der Waals surface area contributed by atoms with Crippen LogP contribution in [0.1, 0.15) is 12.8 Å². The Hall–Kier alpha value is -1.77. The number of carbonyl (C=O) groups excluding carboxylic acids is 1. The van der Waals surface area contributed by atoms with E-state index in [1.807, 2.05) is 0 Å². The predicted octanol–water partition coefficient (Wildman–Crippen LogP) is 0.262. The van der Waals surface area contributed by atoms with E-state index in [1.165, 1.54) is 4.90 Å². The normalized spacial score (nSPS) is 20.0. The molecule has 17 heavy (non-hydrogen) atoms. The molecular weight excluding hydrogens is 246 g/mol. The molecule has 1 fully saturated rings. The van der Waals surface area contributed by atoms with Crippen molar-refractivity contribution >= 4 is 28.7 Å². The van der Waals surface area contributed by atoms with Crippen LogP contribution in [0.5, 0.6) is 0 Å². The number of urea groups is 1. The molecule has 0 spiro atoms. The minimum Gasteiger partial charge on any atom is -0.481 e. The third-order valence-corrected chi connectivity index (χ3v) is 3.08. The van der Waals surface area contributed by atoms with E-state index in [9.17, 15) is 9.59 Å². The van der Waals surface area contributed by atoms with Crippen molar-refractivity contribution in [2.75, 3.05) is 18.4 Å². The molecule has 1 aliphatic heterocycles. The lowest BCUT2D eigenvalue weighted by molar-refractivity contribution is -0.143. The fourth-order valence-electron chi connectivity index (χ4n) is 1.72. The number of aromatic nitrogens is 3. The van der Waals surface area contributed by atoms with E-state index in [0.717, 1.165) is 11.5 Å². The van der Waals surface area contributed by atoms with Gasteiger partial charge in [-0.25, -0.2) is 4.79 Å². The zero-order valence-corrected chi connectivity index (χ0v) is 9.68. The zero-order valence-electron chi connectivity index (χ0n) is 8.87. The molecule has 92 valence electrons. The standard InChI is InChI=1S/C8H11N5O3S/c14-6(15)5-2-1-3-13(4-5)8(16)9-7-10-11-12-17-7/h5H,1-4H2,(H,14,15)(H,9,10,12,16)/t5-/m1/s1. The van der Waals surface area contributed by atoms with Crippen LogP contribution >= 0.6 is 11.5 Å². The summed E-state index contributed by atoms with van der Waals surface area (Å²) in [4.78, 5) is 24.1. The van der Waals surface area contributed by atoms with Crippen molar-refractivity contribution in [3.05, 3.63) is 0 Å². The lowest BCUT2D eigenvalue weighted by Gasteiger charge is -2.30. The number of carboxylic acid groups (broad SMARTS) is 1. The number of anilines is 1. The summed E-state index contributed by atoms with van der Waals surface area (Å²) < 4.78 is 3.52. The number of likely N-dealkylation sites (tertiary alicyclic amines) is 1. The summed E-state index contributed by atoms with van der Waals surface area (Å²) in [5, 5.41) is 18.7. The highest BCUT2D eigenvalue weighted by atomic mass is 32.1. The third kappa shape index (κ3) is 2.87. The van der Waals surface area contributed by atoms with E-state index in [0.29, 0.717) is 24.5 Å². The first kappa shape index (κ1) is 11.7. The first-order chi connectivity index (χ1) is 8.16. The highest BCUT2D eigenvalue weighted by molar-refractivity contribution is 7.09. The number of piperidine rings is 1. The molecule has 1 aromatic heterocycles. The smallest absolute Gasteiger partial charge is 0.323 e. The first-order valence-corrected chi connectivity index (χ1v) is 5.88. The average molecular weight is 257 g/mol. The van der Waals surface area contributed by atoms with Crippen LogP contribution in [0.4, 0.5) is 9.93 Å². The largest absolute Gasteiger partial charge is 0.481 e. The summed E-state index contributed by atoms with van der Waals surface area (Å²) in [6.45, 7) is 0.787. The summed E-state index contributed by atoms with van der Waals surface area (Å²) in [6.07, 6.45) is 1.30. The molecule has 2 rings (SSSR count). The van der Waals surface area contributed by atoms with Crippen LogP contribution in [0.2, 0.25) is 0 Å². The maximum Gasteiger partial charge on any atom is 0.323 e. The van der Waals surface area contributed by atoms with Crippen LogP contribution in [0.25, 0.3) is 0 Å². The van der Waals surface area contributed by atoms with Gasteiger partial charge in [-0.2, -0.15) is 0 Å². The van der Waals surface area contributed by atoms with Gasteiger partial charge in [0.05, 0.1) is 5.92 Å². The van der Waals surface area contributed by atoms with Crippen molar-refractivity contribution in [2.45, 2.75) is 12.8 Å². The lowest BCUT2D eigenvalue weighted by Crippen LogP contribution is -2.44. The summed E-state index contributed by atoms with van der Waals surface area (Å²) >= 11 is 0.975. The van der Waals surface area contributed by atoms with E-state index in [2.05, 4.69) is 20.1 Å². The van der Waals surface area contributed by atoms with Crippen LogP contribution in [-0.2, 0) is 4.79 Å². The van der Waals surface area contributed by atoms with E-state index in [1.54, 1.807) is 0 Å². The van der Waals surface area contributed by atoms with Gasteiger partial charge in [0.2, 0.25) is 5.13 Å². The molecule has 1 saturated heterocycles. The molecule has 8 nitrogen and oxygen atoms in total. The number of carbonyl (C=O) groups is 2. The molecule has 1 atom stereocenters. The van der Waals surface area contributed by atoms with Gasteiger partial charge >= 0.3 is 12.0 Å². The summed E-state index contributed by atoms with van der Waals surface area (Å²) in [5.74, 6) is -1.35. The predicted molar refractivity (Wildman–Crippen MR) is 58.7 cm³/mol. The highest BCUT2D eigenvalue weighted by Gasteiger charge is 2.28.